The lowest BCUT2D eigenvalue weighted by Crippen LogP contribution is -2.24. The van der Waals surface area contributed by atoms with Gasteiger partial charge in [0, 0.05) is 0 Å². The van der Waals surface area contributed by atoms with Gasteiger partial charge in [0.1, 0.15) is 6.20 Å². The van der Waals surface area contributed by atoms with Crippen LogP contribution in [0.3, 0.4) is 0 Å². The zero-order chi connectivity index (χ0) is 9.35. The van der Waals surface area contributed by atoms with E-state index < -0.39 is 11.9 Å². The first-order valence-electron chi connectivity index (χ1n) is 3.57. The van der Waals surface area contributed by atoms with Gasteiger partial charge < -0.3 is 0 Å². The average Bonchev–Trinajstić information content (AvgIpc) is 2.29. The van der Waals surface area contributed by atoms with Crippen molar-refractivity contribution >= 4 is 0 Å². The molecule has 0 atom stereocenters. The standard InChI is InChI=1S/C7H10F3N2/c1-3-12-5-11(2)4-6(12)7(8,9)10/h4-5H,3H2,1-2H3/q+1. The fourth-order valence-electron chi connectivity index (χ4n) is 1.07. The van der Waals surface area contributed by atoms with Gasteiger partial charge in [-0.2, -0.15) is 13.2 Å². The Balaban J connectivity index is 3.13. The van der Waals surface area contributed by atoms with E-state index in [1.807, 2.05) is 0 Å². The fraction of sp³-hybridized carbons (Fsp3) is 0.571. The summed E-state index contributed by atoms with van der Waals surface area (Å²) in [6.45, 7) is 2.00. The Morgan fingerprint density at radius 3 is 2.42 bits per heavy atom. The summed E-state index contributed by atoms with van der Waals surface area (Å²) >= 11 is 0. The van der Waals surface area contributed by atoms with E-state index in [2.05, 4.69) is 0 Å². The number of nitrogens with zero attached hydrogens (tertiary/aromatic N) is 2. The molecule has 2 nitrogen and oxygen atoms in total. The van der Waals surface area contributed by atoms with Crippen molar-refractivity contribution < 1.29 is 17.7 Å². The molecule has 0 saturated carbocycles. The van der Waals surface area contributed by atoms with E-state index in [4.69, 9.17) is 0 Å². The summed E-state index contributed by atoms with van der Waals surface area (Å²) < 4.78 is 39.2. The minimum atomic E-state index is -4.25. The first-order valence-corrected chi connectivity index (χ1v) is 3.57. The van der Waals surface area contributed by atoms with Crippen LogP contribution in [0.25, 0.3) is 0 Å². The minimum Gasteiger partial charge on any atom is -0.239 e. The first-order chi connectivity index (χ1) is 5.45. The van der Waals surface area contributed by atoms with Crippen LogP contribution in [-0.4, -0.2) is 4.57 Å². The Morgan fingerprint density at radius 1 is 1.50 bits per heavy atom. The number of hydrogen-bond donors (Lipinski definition) is 0. The van der Waals surface area contributed by atoms with E-state index in [9.17, 15) is 13.2 Å². The molecule has 0 aliphatic carbocycles. The maximum atomic E-state index is 12.2. The van der Waals surface area contributed by atoms with Crippen molar-refractivity contribution in [2.75, 3.05) is 0 Å². The summed E-state index contributed by atoms with van der Waals surface area (Å²) in [5, 5.41) is 0. The molecule has 1 rings (SSSR count). The Hall–Kier alpha value is -1.00. The minimum absolute atomic E-state index is 0.329. The molecule has 0 unspecified atom stereocenters. The highest BCUT2D eigenvalue weighted by Crippen LogP contribution is 2.28. The van der Waals surface area contributed by atoms with Gasteiger partial charge in [-0.1, -0.05) is 0 Å². The first kappa shape index (κ1) is 9.09. The second-order valence-corrected chi connectivity index (χ2v) is 2.58. The fourth-order valence-corrected chi connectivity index (χ4v) is 1.07. The predicted molar refractivity (Wildman–Crippen MR) is 36.3 cm³/mol. The van der Waals surface area contributed by atoms with Gasteiger partial charge in [-0.15, -0.1) is 0 Å². The van der Waals surface area contributed by atoms with Crippen LogP contribution in [-0.2, 0) is 19.8 Å². The lowest BCUT2D eigenvalue weighted by molar-refractivity contribution is -0.671. The molecule has 1 aromatic rings. The normalized spacial score (nSPS) is 12.1. The molecular formula is C7H10F3N2+. The number of aromatic nitrogens is 2. The number of rotatable bonds is 1. The molecule has 0 bridgehead atoms. The lowest BCUT2D eigenvalue weighted by atomic mass is 10.4. The maximum absolute atomic E-state index is 12.2. The summed E-state index contributed by atoms with van der Waals surface area (Å²) in [4.78, 5) is 0. The molecule has 0 radical (unpaired) electrons. The van der Waals surface area contributed by atoms with Crippen LogP contribution in [0, 0.1) is 0 Å². The zero-order valence-electron chi connectivity index (χ0n) is 6.89. The second-order valence-electron chi connectivity index (χ2n) is 2.58. The van der Waals surface area contributed by atoms with Gasteiger partial charge in [-0.3, -0.25) is 0 Å². The molecular weight excluding hydrogens is 169 g/mol. The Bertz CT molecular complexity index is 275. The highest BCUT2D eigenvalue weighted by atomic mass is 19.4. The van der Waals surface area contributed by atoms with Crippen molar-refractivity contribution in [1.29, 1.82) is 0 Å². The van der Waals surface area contributed by atoms with Gasteiger partial charge in [0.15, 0.2) is 0 Å². The number of halogens is 3. The highest BCUT2D eigenvalue weighted by Gasteiger charge is 2.39. The van der Waals surface area contributed by atoms with Gasteiger partial charge in [0.05, 0.1) is 13.6 Å². The SMILES string of the molecule is CCn1c[n+](C)cc1C(F)(F)F. The van der Waals surface area contributed by atoms with Crippen LogP contribution in [0.15, 0.2) is 12.5 Å². The van der Waals surface area contributed by atoms with Gasteiger partial charge in [0.2, 0.25) is 12.0 Å². The van der Waals surface area contributed by atoms with Crippen LogP contribution in [0.1, 0.15) is 12.6 Å². The molecule has 12 heavy (non-hydrogen) atoms. The smallest absolute Gasteiger partial charge is 0.239 e. The molecule has 1 heterocycles. The van der Waals surface area contributed by atoms with Gasteiger partial charge in [0.25, 0.3) is 0 Å². The van der Waals surface area contributed by atoms with Crippen LogP contribution in [0.5, 0.6) is 0 Å². The van der Waals surface area contributed by atoms with E-state index in [1.165, 1.54) is 15.5 Å². The largest absolute Gasteiger partial charge is 0.457 e. The van der Waals surface area contributed by atoms with E-state index in [0.29, 0.717) is 6.54 Å². The maximum Gasteiger partial charge on any atom is 0.457 e. The topological polar surface area (TPSA) is 8.81 Å². The number of hydrogen-bond acceptors (Lipinski definition) is 0. The van der Waals surface area contributed by atoms with E-state index >= 15 is 0 Å². The Labute approximate surface area is 68.2 Å². The number of imidazole rings is 1. The van der Waals surface area contributed by atoms with Crippen LogP contribution < -0.4 is 4.57 Å². The molecule has 0 spiro atoms. The molecule has 0 aliphatic rings. The number of alkyl halides is 3. The van der Waals surface area contributed by atoms with E-state index in [0.717, 1.165) is 6.20 Å². The van der Waals surface area contributed by atoms with Gasteiger partial charge >= 0.3 is 6.18 Å². The van der Waals surface area contributed by atoms with Gasteiger partial charge in [-0.05, 0) is 6.92 Å². The second kappa shape index (κ2) is 2.80. The summed E-state index contributed by atoms with van der Waals surface area (Å²) in [5.74, 6) is 0. The monoisotopic (exact) mass is 179 g/mol. The number of aryl methyl sites for hydroxylation is 2. The van der Waals surface area contributed by atoms with Crippen molar-refractivity contribution in [3.05, 3.63) is 18.2 Å². The highest BCUT2D eigenvalue weighted by molar-refractivity contribution is 4.98. The molecule has 0 N–H and O–H groups in total. The summed E-state index contributed by atoms with van der Waals surface area (Å²) in [6.07, 6.45) is -1.76. The van der Waals surface area contributed by atoms with Crippen molar-refractivity contribution in [2.45, 2.75) is 19.6 Å². The Kier molecular flexibility index (Phi) is 2.12. The van der Waals surface area contributed by atoms with Crippen molar-refractivity contribution in [3.63, 3.8) is 0 Å². The van der Waals surface area contributed by atoms with Crippen LogP contribution in [0.4, 0.5) is 13.2 Å². The third-order valence-electron chi connectivity index (χ3n) is 1.59. The molecule has 68 valence electrons. The summed E-state index contributed by atoms with van der Waals surface area (Å²) in [7, 11) is 1.57. The third kappa shape index (κ3) is 1.60. The summed E-state index contributed by atoms with van der Waals surface area (Å²) in [6, 6.07) is 0. The van der Waals surface area contributed by atoms with Crippen molar-refractivity contribution in [1.82, 2.24) is 4.57 Å². The average molecular weight is 179 g/mol. The Morgan fingerprint density at radius 2 is 2.08 bits per heavy atom. The zero-order valence-corrected chi connectivity index (χ0v) is 6.89. The summed E-state index contributed by atoms with van der Waals surface area (Å²) in [5.41, 5.74) is -0.604. The molecule has 1 aromatic heterocycles. The molecule has 0 amide bonds. The quantitative estimate of drug-likeness (QED) is 0.575. The predicted octanol–water partition coefficient (Wildman–Crippen LogP) is 1.35. The van der Waals surface area contributed by atoms with Gasteiger partial charge in [-0.25, -0.2) is 9.13 Å². The van der Waals surface area contributed by atoms with Crippen LogP contribution in [0.2, 0.25) is 0 Å². The molecule has 0 saturated heterocycles. The molecule has 0 fully saturated rings. The third-order valence-corrected chi connectivity index (χ3v) is 1.59. The van der Waals surface area contributed by atoms with E-state index in [-0.39, 0.29) is 0 Å². The van der Waals surface area contributed by atoms with Crippen LogP contribution >= 0.6 is 0 Å². The molecule has 0 aliphatic heterocycles. The van der Waals surface area contributed by atoms with Crippen molar-refractivity contribution in [3.8, 4) is 0 Å². The van der Waals surface area contributed by atoms with E-state index in [1.54, 1.807) is 14.0 Å². The molecule has 0 aromatic carbocycles. The molecule has 5 heteroatoms. The lowest BCUT2D eigenvalue weighted by Gasteiger charge is -2.01. The van der Waals surface area contributed by atoms with Crippen molar-refractivity contribution in [2.24, 2.45) is 7.05 Å².